The van der Waals surface area contributed by atoms with Crippen LogP contribution in [0.25, 0.3) is 16.7 Å². The molecule has 6 heteroatoms. The Morgan fingerprint density at radius 1 is 1.10 bits per heavy atom. The number of anilines is 1. The topological polar surface area (TPSA) is 68.5 Å². The van der Waals surface area contributed by atoms with Gasteiger partial charge in [-0.3, -0.25) is 14.4 Å². The summed E-state index contributed by atoms with van der Waals surface area (Å²) < 4.78 is 7.36. The highest BCUT2D eigenvalue weighted by atomic mass is 16.5. The van der Waals surface area contributed by atoms with Crippen molar-refractivity contribution >= 4 is 28.8 Å². The van der Waals surface area contributed by atoms with E-state index in [2.05, 4.69) is 15.3 Å². The minimum atomic E-state index is -0.212. The normalized spacial score (nSPS) is 11.1. The van der Waals surface area contributed by atoms with Gasteiger partial charge in [0.15, 0.2) is 0 Å². The Bertz CT molecular complexity index is 1210. The van der Waals surface area contributed by atoms with Crippen molar-refractivity contribution in [2.24, 2.45) is 4.99 Å². The van der Waals surface area contributed by atoms with Crippen molar-refractivity contribution in [3.8, 4) is 11.4 Å². The maximum Gasteiger partial charge on any atom is 0.255 e. The molecule has 0 aliphatic rings. The van der Waals surface area contributed by atoms with E-state index >= 15 is 0 Å². The Hall–Kier alpha value is -3.93. The molecule has 1 heterocycles. The van der Waals surface area contributed by atoms with Gasteiger partial charge >= 0.3 is 0 Å². The lowest BCUT2D eigenvalue weighted by molar-refractivity contribution is 0.102. The molecule has 0 unspecified atom stereocenters. The zero-order valence-corrected chi connectivity index (χ0v) is 16.2. The Kier molecular flexibility index (Phi) is 5.07. The molecule has 0 spiro atoms. The van der Waals surface area contributed by atoms with Crippen LogP contribution in [0, 0.1) is 0 Å². The lowest BCUT2D eigenvalue weighted by Crippen LogP contribution is -2.12. The first-order chi connectivity index (χ1) is 14.2. The number of nitrogens with one attached hydrogen (secondary N) is 1. The second kappa shape index (κ2) is 7.98. The Balaban J connectivity index is 1.60. The number of rotatable bonds is 5. The number of imidazole rings is 1. The van der Waals surface area contributed by atoms with Crippen molar-refractivity contribution in [1.82, 2.24) is 9.55 Å². The smallest absolute Gasteiger partial charge is 0.255 e. The van der Waals surface area contributed by atoms with Gasteiger partial charge < -0.3 is 10.1 Å². The predicted octanol–water partition coefficient (Wildman–Crippen LogP) is 4.34. The number of methoxy groups -OCH3 is 1. The molecule has 144 valence electrons. The van der Waals surface area contributed by atoms with Crippen LogP contribution >= 0.6 is 0 Å². The number of fused-ring (bicyclic) bond motifs is 1. The second-order valence-corrected chi connectivity index (χ2v) is 6.45. The lowest BCUT2D eigenvalue weighted by atomic mass is 10.1. The number of carbonyl (C=O) groups is 1. The van der Waals surface area contributed by atoms with Crippen LogP contribution in [0.5, 0.6) is 5.75 Å². The maximum absolute atomic E-state index is 12.7. The fourth-order valence-corrected chi connectivity index (χ4v) is 3.20. The summed E-state index contributed by atoms with van der Waals surface area (Å²) in [6.07, 6.45) is 3.48. The molecule has 29 heavy (non-hydrogen) atoms. The highest BCUT2D eigenvalue weighted by molar-refractivity contribution is 6.05. The quantitative estimate of drug-likeness (QED) is 0.521. The zero-order valence-electron chi connectivity index (χ0n) is 16.2. The lowest BCUT2D eigenvalue weighted by Gasteiger charge is -2.10. The first-order valence-electron chi connectivity index (χ1n) is 9.13. The number of benzene rings is 3. The van der Waals surface area contributed by atoms with Gasteiger partial charge in [0.1, 0.15) is 12.1 Å². The molecule has 1 N–H and O–H groups in total. The molecule has 0 atom stereocenters. The van der Waals surface area contributed by atoms with Crippen LogP contribution in [0.2, 0.25) is 0 Å². The molecule has 0 saturated carbocycles. The van der Waals surface area contributed by atoms with Gasteiger partial charge in [0.25, 0.3) is 5.91 Å². The second-order valence-electron chi connectivity index (χ2n) is 6.45. The van der Waals surface area contributed by atoms with Gasteiger partial charge in [0.2, 0.25) is 0 Å². The fourth-order valence-electron chi connectivity index (χ4n) is 3.20. The van der Waals surface area contributed by atoms with Gasteiger partial charge in [-0.1, -0.05) is 18.2 Å². The predicted molar refractivity (Wildman–Crippen MR) is 116 cm³/mol. The van der Waals surface area contributed by atoms with Crippen molar-refractivity contribution in [2.75, 3.05) is 19.5 Å². The Morgan fingerprint density at radius 2 is 1.97 bits per heavy atom. The van der Waals surface area contributed by atoms with E-state index in [1.807, 2.05) is 59.2 Å². The van der Waals surface area contributed by atoms with E-state index in [4.69, 9.17) is 4.74 Å². The third-order valence-corrected chi connectivity index (χ3v) is 4.60. The van der Waals surface area contributed by atoms with E-state index in [9.17, 15) is 4.79 Å². The average molecular weight is 384 g/mol. The SMILES string of the molecule is C/N=C/c1ccc(C(=O)Nc2cccc(-n3cnc4ccccc43)c2)cc1OC. The Morgan fingerprint density at radius 3 is 2.79 bits per heavy atom. The number of nitrogens with zero attached hydrogens (tertiary/aromatic N) is 3. The third kappa shape index (κ3) is 3.73. The van der Waals surface area contributed by atoms with E-state index in [-0.39, 0.29) is 5.91 Å². The van der Waals surface area contributed by atoms with Crippen molar-refractivity contribution in [2.45, 2.75) is 0 Å². The molecule has 0 saturated heterocycles. The van der Waals surface area contributed by atoms with Gasteiger partial charge in [-0.15, -0.1) is 0 Å². The van der Waals surface area contributed by atoms with Crippen LogP contribution in [0.4, 0.5) is 5.69 Å². The number of carbonyl (C=O) groups excluding carboxylic acids is 1. The minimum absolute atomic E-state index is 0.212. The van der Waals surface area contributed by atoms with Crippen LogP contribution < -0.4 is 10.1 Å². The third-order valence-electron chi connectivity index (χ3n) is 4.60. The van der Waals surface area contributed by atoms with E-state index in [1.54, 1.807) is 38.8 Å². The molecule has 0 radical (unpaired) electrons. The summed E-state index contributed by atoms with van der Waals surface area (Å²) >= 11 is 0. The average Bonchev–Trinajstić information content (AvgIpc) is 3.18. The maximum atomic E-state index is 12.7. The van der Waals surface area contributed by atoms with Crippen molar-refractivity contribution in [1.29, 1.82) is 0 Å². The van der Waals surface area contributed by atoms with Crippen molar-refractivity contribution in [3.05, 3.63) is 84.2 Å². The number of para-hydroxylation sites is 2. The summed E-state index contributed by atoms with van der Waals surface area (Å²) in [6.45, 7) is 0. The van der Waals surface area contributed by atoms with Crippen LogP contribution in [0.15, 0.2) is 78.0 Å². The summed E-state index contributed by atoms with van der Waals surface area (Å²) in [7, 11) is 3.26. The molecule has 0 aliphatic carbocycles. The van der Waals surface area contributed by atoms with Crippen LogP contribution in [0.1, 0.15) is 15.9 Å². The molecule has 4 rings (SSSR count). The molecule has 4 aromatic rings. The minimum Gasteiger partial charge on any atom is -0.496 e. The monoisotopic (exact) mass is 384 g/mol. The first-order valence-corrected chi connectivity index (χ1v) is 9.13. The van der Waals surface area contributed by atoms with E-state index in [0.717, 1.165) is 22.3 Å². The number of aromatic nitrogens is 2. The largest absolute Gasteiger partial charge is 0.496 e. The highest BCUT2D eigenvalue weighted by Crippen LogP contribution is 2.22. The summed E-state index contributed by atoms with van der Waals surface area (Å²) in [5.74, 6) is 0.387. The van der Waals surface area contributed by atoms with Gasteiger partial charge in [-0.2, -0.15) is 0 Å². The van der Waals surface area contributed by atoms with Crippen molar-refractivity contribution in [3.63, 3.8) is 0 Å². The molecular weight excluding hydrogens is 364 g/mol. The summed E-state index contributed by atoms with van der Waals surface area (Å²) in [4.78, 5) is 21.2. The van der Waals surface area contributed by atoms with Crippen LogP contribution in [-0.2, 0) is 0 Å². The summed E-state index contributed by atoms with van der Waals surface area (Å²) in [5, 5.41) is 2.95. The molecule has 1 amide bonds. The molecule has 6 nitrogen and oxygen atoms in total. The number of amides is 1. The van der Waals surface area contributed by atoms with E-state index in [0.29, 0.717) is 17.0 Å². The van der Waals surface area contributed by atoms with Gasteiger partial charge in [-0.05, 0) is 48.5 Å². The van der Waals surface area contributed by atoms with Gasteiger partial charge in [0, 0.05) is 35.8 Å². The highest BCUT2D eigenvalue weighted by Gasteiger charge is 2.11. The van der Waals surface area contributed by atoms with Gasteiger partial charge in [0.05, 0.1) is 18.1 Å². The molecular formula is C23H20N4O2. The van der Waals surface area contributed by atoms with E-state index in [1.165, 1.54) is 0 Å². The van der Waals surface area contributed by atoms with Crippen molar-refractivity contribution < 1.29 is 9.53 Å². The number of aliphatic imine (C=N–C) groups is 1. The van der Waals surface area contributed by atoms with Crippen LogP contribution in [-0.4, -0.2) is 35.8 Å². The summed E-state index contributed by atoms with van der Waals surface area (Å²) in [5.41, 5.74) is 4.87. The first kappa shape index (κ1) is 18.4. The number of ether oxygens (including phenoxy) is 1. The molecule has 0 aliphatic heterocycles. The molecule has 1 aromatic heterocycles. The molecule has 0 fully saturated rings. The zero-order chi connectivity index (χ0) is 20.2. The fraction of sp³-hybridized carbons (Fsp3) is 0.0870. The number of hydrogen-bond donors (Lipinski definition) is 1. The van der Waals surface area contributed by atoms with Gasteiger partial charge in [-0.25, -0.2) is 4.98 Å². The van der Waals surface area contributed by atoms with Crippen LogP contribution in [0.3, 0.4) is 0 Å². The standard InChI is InChI=1S/C23H20N4O2/c1-24-14-17-11-10-16(12-22(17)29-2)23(28)26-18-6-5-7-19(13-18)27-15-25-20-8-3-4-9-21(20)27/h3-15H,1-2H3,(H,26,28)/b24-14+. The Labute approximate surface area is 168 Å². The molecule has 3 aromatic carbocycles. The molecule has 0 bridgehead atoms. The van der Waals surface area contributed by atoms with E-state index < -0.39 is 0 Å². The summed E-state index contributed by atoms with van der Waals surface area (Å²) in [6, 6.07) is 20.9. The number of hydrogen-bond acceptors (Lipinski definition) is 4.